The summed E-state index contributed by atoms with van der Waals surface area (Å²) in [6.07, 6.45) is 2.79. The Balaban J connectivity index is 2.05. The fourth-order valence-corrected chi connectivity index (χ4v) is 6.40. The van der Waals surface area contributed by atoms with Crippen LogP contribution < -0.4 is 0 Å². The molecule has 88 valence electrons. The summed E-state index contributed by atoms with van der Waals surface area (Å²) in [5.74, 6) is 0.760. The molecule has 1 aliphatic rings. The van der Waals surface area contributed by atoms with Crippen LogP contribution in [0, 0.1) is 12.8 Å². The van der Waals surface area contributed by atoms with Gasteiger partial charge in [0.05, 0.1) is 0 Å². The van der Waals surface area contributed by atoms with Crippen molar-refractivity contribution in [2.24, 2.45) is 5.92 Å². The van der Waals surface area contributed by atoms with Gasteiger partial charge in [0.15, 0.2) is 0 Å². The van der Waals surface area contributed by atoms with Crippen molar-refractivity contribution in [3.63, 3.8) is 0 Å². The van der Waals surface area contributed by atoms with Gasteiger partial charge in [0, 0.05) is 0 Å². The van der Waals surface area contributed by atoms with Crippen molar-refractivity contribution in [1.82, 2.24) is 0 Å². The van der Waals surface area contributed by atoms with Crippen molar-refractivity contribution in [2.75, 3.05) is 13.8 Å². The van der Waals surface area contributed by atoms with Crippen LogP contribution in [0.5, 0.6) is 0 Å². The van der Waals surface area contributed by atoms with Gasteiger partial charge >= 0.3 is 107 Å². The third kappa shape index (κ3) is 2.88. The topological polar surface area (TPSA) is 0 Å². The molecule has 1 heteroatoms. The van der Waals surface area contributed by atoms with Crippen LogP contribution in [-0.2, 0) is 0 Å². The molecule has 1 saturated heterocycles. The van der Waals surface area contributed by atoms with Gasteiger partial charge in [0.2, 0.25) is 0 Å². The molecule has 0 atom stereocenters. The summed E-state index contributed by atoms with van der Waals surface area (Å²) < 4.78 is 3.05. The molecule has 1 aromatic carbocycles. The first kappa shape index (κ1) is 12.2. The molecule has 0 bridgehead atoms. The maximum atomic E-state index is 4.32. The van der Waals surface area contributed by atoms with Gasteiger partial charge in [0.1, 0.15) is 0 Å². The Morgan fingerprint density at radius 1 is 1.19 bits per heavy atom. The van der Waals surface area contributed by atoms with Gasteiger partial charge in [-0.1, -0.05) is 0 Å². The van der Waals surface area contributed by atoms with Crippen LogP contribution in [0.25, 0.3) is 5.57 Å². The molecule has 16 heavy (non-hydrogen) atoms. The second kappa shape index (κ2) is 5.35. The molecule has 1 aliphatic heterocycles. The summed E-state index contributed by atoms with van der Waals surface area (Å²) in [7, 11) is 0. The van der Waals surface area contributed by atoms with Crippen LogP contribution in [0.1, 0.15) is 24.0 Å². The Labute approximate surface area is 107 Å². The average molecular weight is 328 g/mol. The third-order valence-corrected chi connectivity index (χ3v) is 8.40. The Kier molecular flexibility index (Phi) is 4.06. The Hall–Kier alpha value is -0.310. The molecule has 0 radical (unpaired) electrons. The maximum absolute atomic E-state index is 4.32. The first-order chi connectivity index (χ1) is 7.66. The van der Waals surface area contributed by atoms with E-state index >= 15 is 0 Å². The molecule has 1 aromatic rings. The summed E-state index contributed by atoms with van der Waals surface area (Å²) in [6.45, 7) is 6.46. The van der Waals surface area contributed by atoms with E-state index in [1.807, 2.05) is 0 Å². The zero-order valence-electron chi connectivity index (χ0n) is 10.3. The standard InChI is InChI=1S/C15H21I/c1-12-4-6-14(7-5-12)13(2)15-8-10-16(3)11-9-15/h4-7,15H,2,8-11H2,1,3H3. The van der Waals surface area contributed by atoms with E-state index in [2.05, 4.69) is 42.7 Å². The van der Waals surface area contributed by atoms with Gasteiger partial charge in [0.25, 0.3) is 0 Å². The number of aryl methyl sites for hydroxylation is 1. The number of allylic oxidation sites excluding steroid dienone is 1. The van der Waals surface area contributed by atoms with Gasteiger partial charge in [-0.25, -0.2) is 0 Å². The predicted octanol–water partition coefficient (Wildman–Crippen LogP) is 4.55. The van der Waals surface area contributed by atoms with Gasteiger partial charge < -0.3 is 0 Å². The molecular weight excluding hydrogens is 307 g/mol. The summed E-state index contributed by atoms with van der Waals surface area (Å²) in [5, 5.41) is 0. The number of hydrogen-bond donors (Lipinski definition) is 0. The predicted molar refractivity (Wildman–Crippen MR) is 82.6 cm³/mol. The number of hydrogen-bond acceptors (Lipinski definition) is 0. The summed E-state index contributed by atoms with van der Waals surface area (Å²) in [5.41, 5.74) is 4.07. The second-order valence-electron chi connectivity index (χ2n) is 4.77. The molecule has 2 rings (SSSR count). The van der Waals surface area contributed by atoms with Gasteiger partial charge in [-0.15, -0.1) is 0 Å². The van der Waals surface area contributed by atoms with Crippen LogP contribution in [0.2, 0.25) is 0 Å². The SMILES string of the molecule is C=C(c1ccc(C)cc1)C1CCI(C)CC1. The number of halogens is 1. The normalized spacial score (nSPS) is 19.8. The first-order valence-electron chi connectivity index (χ1n) is 5.94. The van der Waals surface area contributed by atoms with Crippen molar-refractivity contribution in [1.29, 1.82) is 0 Å². The summed E-state index contributed by atoms with van der Waals surface area (Å²) in [4.78, 5) is 2.52. The van der Waals surface area contributed by atoms with Gasteiger partial charge in [-0.05, 0) is 0 Å². The molecule has 0 N–H and O–H groups in total. The number of benzene rings is 1. The minimum absolute atomic E-state index is 0.476. The average Bonchev–Trinajstić information content (AvgIpc) is 2.30. The molecular formula is C15H21I. The van der Waals surface area contributed by atoms with Crippen LogP contribution >= 0.6 is 19.8 Å². The summed E-state index contributed by atoms with van der Waals surface area (Å²) >= 11 is -0.476. The fraction of sp³-hybridized carbons (Fsp3) is 0.467. The van der Waals surface area contributed by atoms with E-state index in [0.29, 0.717) is 0 Å². The van der Waals surface area contributed by atoms with E-state index in [1.165, 1.54) is 38.4 Å². The minimum atomic E-state index is -0.476. The number of alkyl halides is 3. The molecule has 0 saturated carbocycles. The van der Waals surface area contributed by atoms with Crippen LogP contribution in [-0.4, -0.2) is 13.8 Å². The summed E-state index contributed by atoms with van der Waals surface area (Å²) in [6, 6.07) is 8.85. The van der Waals surface area contributed by atoms with Crippen LogP contribution in [0.15, 0.2) is 30.8 Å². The molecule has 1 fully saturated rings. The van der Waals surface area contributed by atoms with Crippen molar-refractivity contribution in [2.45, 2.75) is 19.8 Å². The van der Waals surface area contributed by atoms with E-state index in [9.17, 15) is 0 Å². The van der Waals surface area contributed by atoms with Gasteiger partial charge in [-0.3, -0.25) is 0 Å². The molecule has 1 heterocycles. The Morgan fingerprint density at radius 3 is 2.31 bits per heavy atom. The number of rotatable bonds is 2. The molecule has 0 amide bonds. The molecule has 0 spiro atoms. The van der Waals surface area contributed by atoms with Crippen molar-refractivity contribution in [3.8, 4) is 0 Å². The zero-order chi connectivity index (χ0) is 11.5. The first-order valence-corrected chi connectivity index (χ1v) is 11.2. The van der Waals surface area contributed by atoms with Crippen molar-refractivity contribution >= 4 is 25.4 Å². The van der Waals surface area contributed by atoms with E-state index in [1.54, 1.807) is 0 Å². The fourth-order valence-electron chi connectivity index (χ4n) is 2.23. The Bertz CT molecular complexity index is 356. The molecule has 0 aromatic heterocycles. The Morgan fingerprint density at radius 2 is 1.75 bits per heavy atom. The zero-order valence-corrected chi connectivity index (χ0v) is 12.5. The van der Waals surface area contributed by atoms with E-state index in [-0.39, 0.29) is 0 Å². The van der Waals surface area contributed by atoms with Gasteiger partial charge in [-0.2, -0.15) is 0 Å². The van der Waals surface area contributed by atoms with Crippen LogP contribution in [0.3, 0.4) is 0 Å². The van der Waals surface area contributed by atoms with Crippen LogP contribution in [0.4, 0.5) is 0 Å². The van der Waals surface area contributed by atoms with Crippen molar-refractivity contribution in [3.05, 3.63) is 42.0 Å². The van der Waals surface area contributed by atoms with E-state index < -0.39 is 19.8 Å². The monoisotopic (exact) mass is 328 g/mol. The van der Waals surface area contributed by atoms with E-state index in [4.69, 9.17) is 0 Å². The van der Waals surface area contributed by atoms with E-state index in [0.717, 1.165) is 5.92 Å². The molecule has 0 unspecified atom stereocenters. The molecule has 0 nitrogen and oxygen atoms in total. The van der Waals surface area contributed by atoms with Crippen molar-refractivity contribution < 1.29 is 0 Å². The third-order valence-electron chi connectivity index (χ3n) is 3.48. The second-order valence-corrected chi connectivity index (χ2v) is 11.1. The molecule has 0 aliphatic carbocycles. The quantitative estimate of drug-likeness (QED) is 0.552.